The summed E-state index contributed by atoms with van der Waals surface area (Å²) in [7, 11) is 0. The van der Waals surface area contributed by atoms with Crippen molar-refractivity contribution in [2.75, 3.05) is 6.54 Å². The largest absolute Gasteiger partial charge is 0.522 e. The molecule has 0 saturated heterocycles. The molecule has 12 heteroatoms. The lowest BCUT2D eigenvalue weighted by atomic mass is 9.82. The average molecular weight is 473 g/mol. The van der Waals surface area contributed by atoms with Crippen molar-refractivity contribution in [1.29, 1.82) is 0 Å². The van der Waals surface area contributed by atoms with Crippen LogP contribution >= 0.6 is 22.9 Å². The Morgan fingerprint density at radius 3 is 2.87 bits per heavy atom. The molecular formula is C19H16ClF3N4O3S. The summed E-state index contributed by atoms with van der Waals surface area (Å²) in [6, 6.07) is 5.21. The molecule has 2 heterocycles. The van der Waals surface area contributed by atoms with Crippen LogP contribution in [-0.4, -0.2) is 40.1 Å². The van der Waals surface area contributed by atoms with Crippen molar-refractivity contribution in [3.05, 3.63) is 46.6 Å². The number of amides is 1. The van der Waals surface area contributed by atoms with Crippen LogP contribution in [0, 0.1) is 0 Å². The van der Waals surface area contributed by atoms with E-state index < -0.39 is 12.5 Å². The number of halogens is 4. The summed E-state index contributed by atoms with van der Waals surface area (Å²) in [6.45, 7) is 4.15. The van der Waals surface area contributed by atoms with Gasteiger partial charge in [0, 0.05) is 23.1 Å². The fourth-order valence-corrected chi connectivity index (χ4v) is 4.26. The number of carbonyl (C=O) groups excluding carboxylic acids is 1. The molecule has 164 valence electrons. The number of benzene rings is 1. The molecule has 2 aromatic heterocycles. The van der Waals surface area contributed by atoms with Gasteiger partial charge in [-0.05, 0) is 37.5 Å². The van der Waals surface area contributed by atoms with Crippen LogP contribution in [0.5, 0.6) is 0 Å². The summed E-state index contributed by atoms with van der Waals surface area (Å²) in [5.74, 6) is -0.135. The Hall–Kier alpha value is -2.50. The lowest BCUT2D eigenvalue weighted by Crippen LogP contribution is -2.34. The van der Waals surface area contributed by atoms with E-state index in [1.807, 2.05) is 0 Å². The van der Waals surface area contributed by atoms with Crippen LogP contribution in [0.15, 0.2) is 29.2 Å². The monoisotopic (exact) mass is 472 g/mol. The molecule has 1 amide bonds. The Balaban J connectivity index is 1.25. The predicted octanol–water partition coefficient (Wildman–Crippen LogP) is 4.95. The molecule has 0 bridgehead atoms. The van der Waals surface area contributed by atoms with Gasteiger partial charge in [-0.25, -0.2) is 4.98 Å². The summed E-state index contributed by atoms with van der Waals surface area (Å²) in [5.41, 5.74) is 1.21. The van der Waals surface area contributed by atoms with Gasteiger partial charge in [-0.15, -0.1) is 34.7 Å². The van der Waals surface area contributed by atoms with E-state index in [-0.39, 0.29) is 43.0 Å². The van der Waals surface area contributed by atoms with Gasteiger partial charge in [-0.2, -0.15) is 0 Å². The number of alkyl halides is 3. The van der Waals surface area contributed by atoms with Crippen LogP contribution < -0.4 is 5.32 Å². The number of thiazole rings is 1. The summed E-state index contributed by atoms with van der Waals surface area (Å²) in [4.78, 5) is 16.6. The van der Waals surface area contributed by atoms with Crippen LogP contribution in [0.3, 0.4) is 0 Å². The first kappa shape index (κ1) is 21.7. The first-order valence-electron chi connectivity index (χ1n) is 9.28. The van der Waals surface area contributed by atoms with Crippen molar-refractivity contribution in [1.82, 2.24) is 20.5 Å². The highest BCUT2D eigenvalue weighted by atomic mass is 35.5. The van der Waals surface area contributed by atoms with Crippen molar-refractivity contribution in [2.45, 2.75) is 37.6 Å². The third-order valence-corrected chi connectivity index (χ3v) is 6.00. The highest BCUT2D eigenvalue weighted by Gasteiger charge is 2.42. The number of hydrogen-bond donors (Lipinski definition) is 1. The standard InChI is InChI=1S/C19H16ClF3N4O3S/c1-9(16-26-27-17(29-16)10-6-12(7-10)30-19(21,22)23)4-5-24-15(28)18-25-13-3-2-11(20)8-14(13)31-18/h2-3,8,10,12H,1,4-7H2,(H,24,28)/t10-,12+. The Bertz CT molecular complexity index is 1120. The zero-order valence-corrected chi connectivity index (χ0v) is 17.5. The van der Waals surface area contributed by atoms with Gasteiger partial charge in [0.1, 0.15) is 0 Å². The molecule has 1 fully saturated rings. The number of nitrogens with one attached hydrogen (secondary N) is 1. The lowest BCUT2D eigenvalue weighted by molar-refractivity contribution is -0.352. The summed E-state index contributed by atoms with van der Waals surface area (Å²) >= 11 is 7.19. The zero-order valence-electron chi connectivity index (χ0n) is 15.9. The van der Waals surface area contributed by atoms with Crippen LogP contribution in [0.2, 0.25) is 5.02 Å². The van der Waals surface area contributed by atoms with E-state index in [4.69, 9.17) is 16.0 Å². The highest BCUT2D eigenvalue weighted by Crippen LogP contribution is 2.41. The maximum absolute atomic E-state index is 12.3. The zero-order chi connectivity index (χ0) is 22.2. The normalized spacial score (nSPS) is 18.7. The van der Waals surface area contributed by atoms with Crippen LogP contribution in [0.1, 0.15) is 46.8 Å². The molecule has 0 radical (unpaired) electrons. The Morgan fingerprint density at radius 2 is 2.13 bits per heavy atom. The highest BCUT2D eigenvalue weighted by molar-refractivity contribution is 7.20. The van der Waals surface area contributed by atoms with Gasteiger partial charge in [-0.3, -0.25) is 9.53 Å². The number of carbonyl (C=O) groups is 1. The van der Waals surface area contributed by atoms with Crippen molar-refractivity contribution in [3.8, 4) is 0 Å². The first-order chi connectivity index (χ1) is 14.7. The molecule has 0 unspecified atom stereocenters. The van der Waals surface area contributed by atoms with Crippen molar-refractivity contribution in [2.24, 2.45) is 0 Å². The van der Waals surface area contributed by atoms with Gasteiger partial charge in [0.05, 0.1) is 16.3 Å². The molecule has 1 aliphatic rings. The van der Waals surface area contributed by atoms with E-state index in [1.54, 1.807) is 18.2 Å². The van der Waals surface area contributed by atoms with Crippen LogP contribution in [0.4, 0.5) is 13.2 Å². The number of fused-ring (bicyclic) bond motifs is 1. The lowest BCUT2D eigenvalue weighted by Gasteiger charge is -2.32. The fourth-order valence-electron chi connectivity index (χ4n) is 3.10. The Morgan fingerprint density at radius 1 is 1.35 bits per heavy atom. The second-order valence-corrected chi connectivity index (χ2v) is 8.51. The van der Waals surface area contributed by atoms with Gasteiger partial charge in [0.15, 0.2) is 5.01 Å². The molecule has 31 heavy (non-hydrogen) atoms. The minimum absolute atomic E-state index is 0.164. The van der Waals surface area contributed by atoms with E-state index >= 15 is 0 Å². The third kappa shape index (κ3) is 5.23. The fraction of sp³-hybridized carbons (Fsp3) is 0.368. The van der Waals surface area contributed by atoms with Crippen LogP contribution in [-0.2, 0) is 4.74 Å². The molecule has 0 aliphatic heterocycles. The summed E-state index contributed by atoms with van der Waals surface area (Å²) < 4.78 is 46.9. The number of rotatable bonds is 7. The first-order valence-corrected chi connectivity index (χ1v) is 10.5. The quantitative estimate of drug-likeness (QED) is 0.523. The number of hydrogen-bond acceptors (Lipinski definition) is 7. The van der Waals surface area contributed by atoms with E-state index in [1.165, 1.54) is 11.3 Å². The smallest absolute Gasteiger partial charge is 0.421 e. The summed E-state index contributed by atoms with van der Waals surface area (Å²) in [6.07, 6.45) is -4.85. The van der Waals surface area contributed by atoms with Crippen LogP contribution in [0.25, 0.3) is 15.8 Å². The van der Waals surface area contributed by atoms with E-state index in [0.717, 1.165) is 4.70 Å². The minimum Gasteiger partial charge on any atom is -0.421 e. The van der Waals surface area contributed by atoms with E-state index in [9.17, 15) is 18.0 Å². The molecule has 1 saturated carbocycles. The molecule has 0 atom stereocenters. The molecule has 4 rings (SSSR count). The Kier molecular flexibility index (Phi) is 6.00. The third-order valence-electron chi connectivity index (χ3n) is 4.74. The topological polar surface area (TPSA) is 90.1 Å². The van der Waals surface area contributed by atoms with Crippen molar-refractivity contribution >= 4 is 44.6 Å². The van der Waals surface area contributed by atoms with Gasteiger partial charge < -0.3 is 9.73 Å². The molecular weight excluding hydrogens is 457 g/mol. The van der Waals surface area contributed by atoms with Gasteiger partial charge in [0.2, 0.25) is 11.8 Å². The van der Waals surface area contributed by atoms with Crippen molar-refractivity contribution < 1.29 is 27.1 Å². The van der Waals surface area contributed by atoms with Crippen molar-refractivity contribution in [3.63, 3.8) is 0 Å². The van der Waals surface area contributed by atoms with Gasteiger partial charge >= 0.3 is 6.36 Å². The molecule has 7 nitrogen and oxygen atoms in total. The minimum atomic E-state index is -4.65. The maximum Gasteiger partial charge on any atom is 0.522 e. The predicted molar refractivity (Wildman–Crippen MR) is 108 cm³/mol. The van der Waals surface area contributed by atoms with Gasteiger partial charge in [-0.1, -0.05) is 18.2 Å². The van der Waals surface area contributed by atoms with Gasteiger partial charge in [0.25, 0.3) is 5.91 Å². The second-order valence-electron chi connectivity index (χ2n) is 7.04. The second kappa shape index (κ2) is 8.56. The number of ether oxygens (including phenoxy) is 1. The SMILES string of the molecule is C=C(CCNC(=O)c1nc2ccc(Cl)cc2s1)c1nnc([C@H]2C[C@@H](OC(F)(F)F)C2)o1. The molecule has 3 aromatic rings. The maximum atomic E-state index is 12.3. The number of aromatic nitrogens is 3. The number of nitrogens with zero attached hydrogens (tertiary/aromatic N) is 3. The molecule has 1 aromatic carbocycles. The molecule has 1 N–H and O–H groups in total. The Labute approximate surface area is 183 Å². The molecule has 0 spiro atoms. The molecule has 1 aliphatic carbocycles. The van der Waals surface area contributed by atoms with E-state index in [2.05, 4.69) is 31.8 Å². The summed E-state index contributed by atoms with van der Waals surface area (Å²) in [5, 5.41) is 11.4. The average Bonchev–Trinajstić information content (AvgIpc) is 3.30. The van der Waals surface area contributed by atoms with E-state index in [0.29, 0.717) is 27.5 Å².